The van der Waals surface area contributed by atoms with Crippen molar-refractivity contribution in [3.63, 3.8) is 0 Å². The lowest BCUT2D eigenvalue weighted by atomic mass is 10.2. The number of carbonyl (C=O) groups excluding carboxylic acids is 1. The topological polar surface area (TPSA) is 64.7 Å². The highest BCUT2D eigenvalue weighted by atomic mass is 35.5. The van der Waals surface area contributed by atoms with E-state index in [0.717, 1.165) is 16.9 Å². The van der Waals surface area contributed by atoms with Crippen LogP contribution in [0, 0.1) is 0 Å². The number of rotatable bonds is 5. The van der Waals surface area contributed by atoms with Gasteiger partial charge in [-0.05, 0) is 36.4 Å². The zero-order valence-electron chi connectivity index (χ0n) is 14.7. The fourth-order valence-electron chi connectivity index (χ4n) is 2.70. The summed E-state index contributed by atoms with van der Waals surface area (Å²) in [5.74, 6) is -0.251. The molecule has 138 valence electrons. The van der Waals surface area contributed by atoms with Crippen LogP contribution in [0.25, 0.3) is 17.5 Å². The quantitative estimate of drug-likeness (QED) is 0.516. The first kappa shape index (κ1) is 17.8. The molecule has 4 rings (SSSR count). The minimum atomic E-state index is -0.251. The first-order chi connectivity index (χ1) is 13.7. The van der Waals surface area contributed by atoms with E-state index < -0.39 is 0 Å². The van der Waals surface area contributed by atoms with Gasteiger partial charge in [0, 0.05) is 35.9 Å². The lowest BCUT2D eigenvalue weighted by Gasteiger charge is -2.08. The number of benzene rings is 2. The predicted octanol–water partition coefficient (Wildman–Crippen LogP) is 4.36. The predicted molar refractivity (Wildman–Crippen MR) is 110 cm³/mol. The fourth-order valence-corrected chi connectivity index (χ4v) is 2.97. The zero-order chi connectivity index (χ0) is 19.3. The third-order valence-electron chi connectivity index (χ3n) is 4.05. The van der Waals surface area contributed by atoms with Crippen molar-refractivity contribution in [1.82, 2.24) is 19.3 Å². The number of nitrogens with one attached hydrogen (secondary N) is 1. The molecule has 0 radical (unpaired) electrons. The minimum Gasteiger partial charge on any atom is -0.322 e. The first-order valence-corrected chi connectivity index (χ1v) is 8.94. The van der Waals surface area contributed by atoms with Gasteiger partial charge in [-0.3, -0.25) is 4.79 Å². The van der Waals surface area contributed by atoms with Gasteiger partial charge in [-0.15, -0.1) is 0 Å². The number of para-hydroxylation sites is 1. The summed E-state index contributed by atoms with van der Waals surface area (Å²) >= 11 is 6.31. The standard InChI is InChI=1S/C21H16ClN5O/c22-19-12-17(7-8-20(19)26-11-10-23-15-26)25-21(28)9-6-16-13-24-27(14-16)18-4-2-1-3-5-18/h1-15H,(H,25,28). The van der Waals surface area contributed by atoms with Crippen molar-refractivity contribution in [2.75, 3.05) is 5.32 Å². The Kier molecular flexibility index (Phi) is 5.03. The van der Waals surface area contributed by atoms with E-state index in [0.29, 0.717) is 10.7 Å². The Labute approximate surface area is 166 Å². The van der Waals surface area contributed by atoms with Gasteiger partial charge in [0.2, 0.25) is 5.91 Å². The van der Waals surface area contributed by atoms with E-state index in [4.69, 9.17) is 11.6 Å². The molecule has 0 saturated carbocycles. The molecule has 2 aromatic heterocycles. The molecule has 7 heteroatoms. The fraction of sp³-hybridized carbons (Fsp3) is 0. The van der Waals surface area contributed by atoms with E-state index >= 15 is 0 Å². The summed E-state index contributed by atoms with van der Waals surface area (Å²) in [6.07, 6.45) is 11.9. The number of halogens is 1. The molecule has 4 aromatic rings. The molecule has 1 amide bonds. The van der Waals surface area contributed by atoms with Gasteiger partial charge < -0.3 is 9.88 Å². The summed E-state index contributed by atoms with van der Waals surface area (Å²) < 4.78 is 3.56. The largest absolute Gasteiger partial charge is 0.322 e. The maximum absolute atomic E-state index is 12.2. The average Bonchev–Trinajstić information content (AvgIpc) is 3.39. The van der Waals surface area contributed by atoms with E-state index in [1.165, 1.54) is 6.08 Å². The highest BCUT2D eigenvalue weighted by molar-refractivity contribution is 6.32. The van der Waals surface area contributed by atoms with Gasteiger partial charge in [0.1, 0.15) is 0 Å². The molecule has 2 aromatic carbocycles. The molecule has 0 atom stereocenters. The normalized spacial score (nSPS) is 11.0. The molecule has 0 unspecified atom stereocenters. The summed E-state index contributed by atoms with van der Waals surface area (Å²) in [6, 6.07) is 15.1. The molecule has 6 nitrogen and oxygen atoms in total. The number of imidazole rings is 1. The van der Waals surface area contributed by atoms with Crippen LogP contribution in [-0.2, 0) is 4.79 Å². The molecule has 0 bridgehead atoms. The minimum absolute atomic E-state index is 0.251. The summed E-state index contributed by atoms with van der Waals surface area (Å²) in [6.45, 7) is 0. The van der Waals surface area contributed by atoms with E-state index in [1.807, 2.05) is 42.6 Å². The van der Waals surface area contributed by atoms with Crippen LogP contribution >= 0.6 is 11.6 Å². The molecule has 0 aliphatic heterocycles. The van der Waals surface area contributed by atoms with Gasteiger partial charge in [-0.2, -0.15) is 5.10 Å². The molecule has 0 saturated heterocycles. The van der Waals surface area contributed by atoms with Gasteiger partial charge in [-0.25, -0.2) is 9.67 Å². The number of nitrogens with zero attached hydrogens (tertiary/aromatic N) is 4. The van der Waals surface area contributed by atoms with Crippen molar-refractivity contribution in [2.24, 2.45) is 0 Å². The molecular weight excluding hydrogens is 374 g/mol. The smallest absolute Gasteiger partial charge is 0.248 e. The second-order valence-corrected chi connectivity index (χ2v) is 6.42. The molecular formula is C21H16ClN5O. The summed E-state index contributed by atoms with van der Waals surface area (Å²) in [4.78, 5) is 16.2. The number of carbonyl (C=O) groups is 1. The lowest BCUT2D eigenvalue weighted by molar-refractivity contribution is -0.111. The molecule has 2 heterocycles. The molecule has 1 N–H and O–H groups in total. The van der Waals surface area contributed by atoms with E-state index in [9.17, 15) is 4.79 Å². The second-order valence-electron chi connectivity index (χ2n) is 6.01. The summed E-state index contributed by atoms with van der Waals surface area (Å²) in [5, 5.41) is 7.62. The third kappa shape index (κ3) is 4.02. The number of aromatic nitrogens is 4. The Morgan fingerprint density at radius 2 is 2.00 bits per heavy atom. The van der Waals surface area contributed by atoms with Crippen LogP contribution in [0.3, 0.4) is 0 Å². The third-order valence-corrected chi connectivity index (χ3v) is 4.35. The van der Waals surface area contributed by atoms with Crippen molar-refractivity contribution in [1.29, 1.82) is 0 Å². The van der Waals surface area contributed by atoms with Crippen LogP contribution in [0.1, 0.15) is 5.56 Å². The Bertz CT molecular complexity index is 1120. The van der Waals surface area contributed by atoms with E-state index in [1.54, 1.807) is 52.4 Å². The zero-order valence-corrected chi connectivity index (χ0v) is 15.5. The number of hydrogen-bond donors (Lipinski definition) is 1. The van der Waals surface area contributed by atoms with Crippen molar-refractivity contribution >= 4 is 29.3 Å². The Morgan fingerprint density at radius 3 is 2.75 bits per heavy atom. The van der Waals surface area contributed by atoms with E-state index in [2.05, 4.69) is 15.4 Å². The summed E-state index contributed by atoms with van der Waals surface area (Å²) in [5.41, 5.74) is 3.19. The molecule has 0 aliphatic rings. The molecule has 28 heavy (non-hydrogen) atoms. The number of amides is 1. The Morgan fingerprint density at radius 1 is 1.14 bits per heavy atom. The van der Waals surface area contributed by atoms with Crippen LogP contribution in [-0.4, -0.2) is 25.2 Å². The SMILES string of the molecule is O=C(C=Cc1cnn(-c2ccccc2)c1)Nc1ccc(-n2ccnc2)c(Cl)c1. The Balaban J connectivity index is 1.42. The van der Waals surface area contributed by atoms with Crippen molar-refractivity contribution in [3.05, 3.63) is 96.3 Å². The highest BCUT2D eigenvalue weighted by Crippen LogP contribution is 2.24. The molecule has 0 aliphatic carbocycles. The van der Waals surface area contributed by atoms with Crippen LogP contribution in [0.15, 0.2) is 85.7 Å². The van der Waals surface area contributed by atoms with Crippen molar-refractivity contribution in [2.45, 2.75) is 0 Å². The number of hydrogen-bond acceptors (Lipinski definition) is 3. The van der Waals surface area contributed by atoms with Gasteiger partial charge >= 0.3 is 0 Å². The average molecular weight is 390 g/mol. The van der Waals surface area contributed by atoms with Crippen molar-refractivity contribution < 1.29 is 4.79 Å². The Hall–Kier alpha value is -3.64. The van der Waals surface area contributed by atoms with Crippen molar-refractivity contribution in [3.8, 4) is 11.4 Å². The van der Waals surface area contributed by atoms with Crippen LogP contribution < -0.4 is 5.32 Å². The first-order valence-electron chi connectivity index (χ1n) is 8.56. The summed E-state index contributed by atoms with van der Waals surface area (Å²) in [7, 11) is 0. The van der Waals surface area contributed by atoms with Gasteiger partial charge in [0.05, 0.1) is 28.9 Å². The van der Waals surface area contributed by atoms with Crippen LogP contribution in [0.5, 0.6) is 0 Å². The maximum atomic E-state index is 12.2. The molecule has 0 spiro atoms. The van der Waals surface area contributed by atoms with Gasteiger partial charge in [0.25, 0.3) is 0 Å². The molecule has 0 fully saturated rings. The second kappa shape index (κ2) is 7.94. The van der Waals surface area contributed by atoms with Crippen LogP contribution in [0.4, 0.5) is 5.69 Å². The monoisotopic (exact) mass is 389 g/mol. The maximum Gasteiger partial charge on any atom is 0.248 e. The van der Waals surface area contributed by atoms with Crippen LogP contribution in [0.2, 0.25) is 5.02 Å². The van der Waals surface area contributed by atoms with Gasteiger partial charge in [-0.1, -0.05) is 29.8 Å². The lowest BCUT2D eigenvalue weighted by Crippen LogP contribution is -2.07. The number of anilines is 1. The van der Waals surface area contributed by atoms with Gasteiger partial charge in [0.15, 0.2) is 0 Å². The van der Waals surface area contributed by atoms with E-state index in [-0.39, 0.29) is 5.91 Å². The highest BCUT2D eigenvalue weighted by Gasteiger charge is 2.05.